The molecule has 1 N–H and O–H groups in total. The maximum Gasteiger partial charge on any atom is 0.119 e. The van der Waals surface area contributed by atoms with E-state index in [-0.39, 0.29) is 5.92 Å². The lowest BCUT2D eigenvalue weighted by Gasteiger charge is -2.15. The summed E-state index contributed by atoms with van der Waals surface area (Å²) < 4.78 is 10.8. The number of rotatable bonds is 8. The van der Waals surface area contributed by atoms with E-state index in [0.717, 1.165) is 33.2 Å². The van der Waals surface area contributed by atoms with Gasteiger partial charge in [0.15, 0.2) is 0 Å². The molecular weight excluding hydrogens is 515 g/mol. The molecule has 0 saturated heterocycles. The topological polar surface area (TPSA) is 38.7 Å². The van der Waals surface area contributed by atoms with Crippen molar-refractivity contribution in [2.24, 2.45) is 0 Å². The molecule has 0 bridgehead atoms. The van der Waals surface area contributed by atoms with Gasteiger partial charge in [-0.3, -0.25) is 0 Å². The van der Waals surface area contributed by atoms with Crippen molar-refractivity contribution in [3.8, 4) is 11.5 Å². The first-order chi connectivity index (χ1) is 18.2. The monoisotopic (exact) mass is 550 g/mol. The maximum absolute atomic E-state index is 10.4. The van der Waals surface area contributed by atoms with Crippen LogP contribution < -0.4 is 9.47 Å². The normalized spacial score (nSPS) is 12.2. The van der Waals surface area contributed by atoms with E-state index < -0.39 is 6.10 Å². The predicted molar refractivity (Wildman–Crippen MR) is 159 cm³/mol. The second-order valence-corrected chi connectivity index (χ2v) is 9.99. The Labute approximate surface area is 237 Å². The van der Waals surface area contributed by atoms with Gasteiger partial charge in [0.25, 0.3) is 0 Å². The van der Waals surface area contributed by atoms with Crippen LogP contribution in [0.25, 0.3) is 0 Å². The average molecular weight is 552 g/mol. The fraction of sp³-hybridized carbons (Fsp3) is 0.273. The zero-order valence-corrected chi connectivity index (χ0v) is 24.2. The van der Waals surface area contributed by atoms with E-state index >= 15 is 0 Å². The molecule has 0 heterocycles. The smallest absolute Gasteiger partial charge is 0.119 e. The van der Waals surface area contributed by atoms with Gasteiger partial charge in [0, 0.05) is 21.5 Å². The minimum absolute atomic E-state index is 0.281. The van der Waals surface area contributed by atoms with Crippen LogP contribution >= 0.6 is 23.2 Å². The molecule has 4 aromatic rings. The van der Waals surface area contributed by atoms with E-state index in [0.29, 0.717) is 18.2 Å². The van der Waals surface area contributed by atoms with Crippen LogP contribution in [0.3, 0.4) is 0 Å². The van der Waals surface area contributed by atoms with Crippen LogP contribution in [-0.4, -0.2) is 18.3 Å². The third-order valence-corrected chi connectivity index (χ3v) is 6.95. The molecule has 2 atom stereocenters. The van der Waals surface area contributed by atoms with E-state index in [1.54, 1.807) is 0 Å². The number of aryl methyl sites for hydroxylation is 2. The minimum atomic E-state index is -0.719. The summed E-state index contributed by atoms with van der Waals surface area (Å²) >= 11 is 12.4. The van der Waals surface area contributed by atoms with Crippen molar-refractivity contribution in [2.45, 2.75) is 46.6 Å². The lowest BCUT2D eigenvalue weighted by Crippen LogP contribution is -2.01. The van der Waals surface area contributed by atoms with Gasteiger partial charge in [0.05, 0.1) is 13.2 Å². The summed E-state index contributed by atoms with van der Waals surface area (Å²) in [5.41, 5.74) is 6.25. The van der Waals surface area contributed by atoms with Crippen LogP contribution in [0.5, 0.6) is 11.5 Å². The van der Waals surface area contributed by atoms with Crippen molar-refractivity contribution >= 4 is 23.2 Å². The van der Waals surface area contributed by atoms with E-state index in [9.17, 15) is 5.11 Å². The van der Waals surface area contributed by atoms with Crippen molar-refractivity contribution < 1.29 is 14.6 Å². The molecule has 4 rings (SSSR count). The van der Waals surface area contributed by atoms with Crippen LogP contribution in [0.4, 0.5) is 0 Å². The van der Waals surface area contributed by atoms with Gasteiger partial charge < -0.3 is 14.6 Å². The molecule has 3 nitrogen and oxygen atoms in total. The molecule has 0 radical (unpaired) electrons. The Hall–Kier alpha value is -2.98. The molecule has 4 aromatic carbocycles. The van der Waals surface area contributed by atoms with Gasteiger partial charge >= 0.3 is 0 Å². The van der Waals surface area contributed by atoms with Gasteiger partial charge in [0.1, 0.15) is 17.6 Å². The van der Waals surface area contributed by atoms with Gasteiger partial charge in [-0.1, -0.05) is 89.8 Å². The SMILES string of the molecule is CCOc1ccc(C(C)c2cc(C)ccc2Cl)cc1.CCOc1ccc(C(O)c2cc(C)ccc2Cl)cc1. The Morgan fingerprint density at radius 3 is 1.53 bits per heavy atom. The van der Waals surface area contributed by atoms with Gasteiger partial charge in [-0.05, 0) is 80.8 Å². The summed E-state index contributed by atoms with van der Waals surface area (Å²) in [6.45, 7) is 11.5. The largest absolute Gasteiger partial charge is 0.494 e. The molecule has 5 heteroatoms. The minimum Gasteiger partial charge on any atom is -0.494 e. The fourth-order valence-corrected chi connectivity index (χ4v) is 4.66. The van der Waals surface area contributed by atoms with Crippen LogP contribution in [0.2, 0.25) is 10.0 Å². The fourth-order valence-electron chi connectivity index (χ4n) is 4.16. The highest BCUT2D eigenvalue weighted by Gasteiger charge is 2.14. The number of aliphatic hydroxyl groups is 1. The zero-order chi connectivity index (χ0) is 27.7. The van der Waals surface area contributed by atoms with Crippen molar-refractivity contribution in [1.29, 1.82) is 0 Å². The second-order valence-electron chi connectivity index (χ2n) is 9.18. The zero-order valence-electron chi connectivity index (χ0n) is 22.7. The number of hydrogen-bond acceptors (Lipinski definition) is 3. The van der Waals surface area contributed by atoms with Crippen molar-refractivity contribution in [2.75, 3.05) is 13.2 Å². The molecule has 0 aliphatic rings. The Kier molecular flexibility index (Phi) is 11.1. The molecule has 0 saturated carbocycles. The van der Waals surface area contributed by atoms with Crippen molar-refractivity contribution in [3.63, 3.8) is 0 Å². The van der Waals surface area contributed by atoms with Crippen molar-refractivity contribution in [3.05, 3.63) is 128 Å². The Balaban J connectivity index is 0.000000211. The molecule has 38 heavy (non-hydrogen) atoms. The summed E-state index contributed by atoms with van der Waals surface area (Å²) in [7, 11) is 0. The lowest BCUT2D eigenvalue weighted by atomic mass is 9.92. The lowest BCUT2D eigenvalue weighted by molar-refractivity contribution is 0.220. The summed E-state index contributed by atoms with van der Waals surface area (Å²) in [4.78, 5) is 0. The number of benzene rings is 4. The summed E-state index contributed by atoms with van der Waals surface area (Å²) in [5.74, 6) is 1.99. The van der Waals surface area contributed by atoms with E-state index in [4.69, 9.17) is 32.7 Å². The van der Waals surface area contributed by atoms with Crippen LogP contribution in [0, 0.1) is 13.8 Å². The molecule has 0 aromatic heterocycles. The Morgan fingerprint density at radius 1 is 0.632 bits per heavy atom. The van der Waals surface area contributed by atoms with Gasteiger partial charge in [0.2, 0.25) is 0 Å². The summed E-state index contributed by atoms with van der Waals surface area (Å²) in [6.07, 6.45) is -0.719. The first kappa shape index (κ1) is 29.6. The highest BCUT2D eigenvalue weighted by Crippen LogP contribution is 2.32. The van der Waals surface area contributed by atoms with E-state index in [2.05, 4.69) is 32.0 Å². The Morgan fingerprint density at radius 2 is 1.05 bits per heavy atom. The number of aliphatic hydroxyl groups excluding tert-OH is 1. The van der Waals surface area contributed by atoms with Crippen LogP contribution in [0.15, 0.2) is 84.9 Å². The first-order valence-electron chi connectivity index (χ1n) is 12.9. The first-order valence-corrected chi connectivity index (χ1v) is 13.6. The van der Waals surface area contributed by atoms with Crippen LogP contribution in [0.1, 0.15) is 66.2 Å². The van der Waals surface area contributed by atoms with Gasteiger partial charge in [-0.2, -0.15) is 0 Å². The highest BCUT2D eigenvalue weighted by molar-refractivity contribution is 6.31. The quantitative estimate of drug-likeness (QED) is 0.237. The van der Waals surface area contributed by atoms with Crippen molar-refractivity contribution in [1.82, 2.24) is 0 Å². The highest BCUT2D eigenvalue weighted by atomic mass is 35.5. The Bertz CT molecular complexity index is 1200. The molecule has 200 valence electrons. The number of hydrogen-bond donors (Lipinski definition) is 1. The van der Waals surface area contributed by atoms with Gasteiger partial charge in [-0.25, -0.2) is 0 Å². The molecule has 0 aliphatic heterocycles. The molecule has 2 unspecified atom stereocenters. The number of ether oxygens (including phenoxy) is 2. The molecule has 0 aliphatic carbocycles. The standard InChI is InChI=1S/C17H19ClO.C16H17ClO2/c1-4-19-15-8-6-14(7-9-15)13(3)16-11-12(2)5-10-17(16)18;1-3-19-13-7-5-12(6-8-13)16(18)14-10-11(2)4-9-15(14)17/h5-11,13H,4H2,1-3H3;4-10,16,18H,3H2,1-2H3. The molecule has 0 fully saturated rings. The predicted octanol–water partition coefficient (Wildman–Crippen LogP) is 9.33. The molecule has 0 spiro atoms. The maximum atomic E-state index is 10.4. The summed E-state index contributed by atoms with van der Waals surface area (Å²) in [6, 6.07) is 27.5. The van der Waals surface area contributed by atoms with Crippen LogP contribution in [-0.2, 0) is 0 Å². The van der Waals surface area contributed by atoms with E-state index in [1.165, 1.54) is 16.7 Å². The summed E-state index contributed by atoms with van der Waals surface area (Å²) in [5, 5.41) is 11.8. The molecular formula is C33H36Cl2O3. The number of halogens is 2. The molecule has 0 amide bonds. The third-order valence-electron chi connectivity index (χ3n) is 6.26. The third kappa shape index (κ3) is 8.01. The van der Waals surface area contributed by atoms with E-state index in [1.807, 2.05) is 87.5 Å². The average Bonchev–Trinajstić information content (AvgIpc) is 2.92. The second kappa shape index (κ2) is 14.2. The van der Waals surface area contributed by atoms with Gasteiger partial charge in [-0.15, -0.1) is 0 Å².